The smallest absolute Gasteiger partial charge is 0.249 e. The molecule has 3 aromatic rings. The van der Waals surface area contributed by atoms with Gasteiger partial charge in [0.15, 0.2) is 0 Å². The van der Waals surface area contributed by atoms with Gasteiger partial charge in [-0.25, -0.2) is 4.39 Å². The molecular formula is C20H20ClFN4O2. The summed E-state index contributed by atoms with van der Waals surface area (Å²) in [6, 6.07) is 13.3. The zero-order valence-electron chi connectivity index (χ0n) is 15.4. The second-order valence-corrected chi connectivity index (χ2v) is 6.63. The van der Waals surface area contributed by atoms with Crippen molar-refractivity contribution in [1.82, 2.24) is 15.1 Å². The number of anilines is 1. The standard InChI is InChI=1S/C20H20ClFN4O2/c1-2-11-26(12-18(27)23-17-10-6-5-9-16(17)22)13-19-24-25-20(28-19)14-7-3-4-8-15(14)21/h3-10H,2,11-13H2,1H3,(H,23,27). The van der Waals surface area contributed by atoms with E-state index in [9.17, 15) is 9.18 Å². The molecule has 0 aliphatic rings. The highest BCUT2D eigenvalue weighted by Crippen LogP contribution is 2.26. The number of nitrogens with zero attached hydrogens (tertiary/aromatic N) is 3. The van der Waals surface area contributed by atoms with Crippen LogP contribution in [-0.2, 0) is 11.3 Å². The first kappa shape index (κ1) is 20.0. The summed E-state index contributed by atoms with van der Waals surface area (Å²) in [6.07, 6.45) is 0.832. The van der Waals surface area contributed by atoms with Crippen LogP contribution in [0.3, 0.4) is 0 Å². The molecule has 2 aromatic carbocycles. The third-order valence-corrected chi connectivity index (χ3v) is 4.31. The minimum atomic E-state index is -0.473. The van der Waals surface area contributed by atoms with E-state index in [1.807, 2.05) is 24.0 Å². The van der Waals surface area contributed by atoms with Gasteiger partial charge in [-0.2, -0.15) is 0 Å². The maximum atomic E-state index is 13.7. The van der Waals surface area contributed by atoms with Crippen LogP contribution >= 0.6 is 11.6 Å². The average molecular weight is 403 g/mol. The molecule has 3 rings (SSSR count). The molecule has 0 spiro atoms. The van der Waals surface area contributed by atoms with E-state index in [0.717, 1.165) is 6.42 Å². The highest BCUT2D eigenvalue weighted by molar-refractivity contribution is 6.33. The van der Waals surface area contributed by atoms with Crippen LogP contribution in [0.2, 0.25) is 5.02 Å². The van der Waals surface area contributed by atoms with Crippen molar-refractivity contribution in [2.24, 2.45) is 0 Å². The van der Waals surface area contributed by atoms with Gasteiger partial charge < -0.3 is 9.73 Å². The van der Waals surface area contributed by atoms with Crippen LogP contribution in [0.15, 0.2) is 52.9 Å². The first-order chi connectivity index (χ1) is 13.6. The van der Waals surface area contributed by atoms with E-state index >= 15 is 0 Å². The first-order valence-corrected chi connectivity index (χ1v) is 9.28. The normalized spacial score (nSPS) is 11.0. The predicted molar refractivity (Wildman–Crippen MR) is 105 cm³/mol. The van der Waals surface area contributed by atoms with Gasteiger partial charge in [-0.05, 0) is 37.2 Å². The molecule has 1 N–H and O–H groups in total. The van der Waals surface area contributed by atoms with Crippen molar-refractivity contribution < 1.29 is 13.6 Å². The molecule has 8 heteroatoms. The van der Waals surface area contributed by atoms with Crippen LogP contribution in [0.5, 0.6) is 0 Å². The summed E-state index contributed by atoms with van der Waals surface area (Å²) in [4.78, 5) is 14.2. The second-order valence-electron chi connectivity index (χ2n) is 6.22. The van der Waals surface area contributed by atoms with Crippen LogP contribution in [0.4, 0.5) is 10.1 Å². The summed E-state index contributed by atoms with van der Waals surface area (Å²) in [7, 11) is 0. The number of amides is 1. The number of aromatic nitrogens is 2. The van der Waals surface area contributed by atoms with Gasteiger partial charge in [0.25, 0.3) is 0 Å². The molecular weight excluding hydrogens is 383 g/mol. The highest BCUT2D eigenvalue weighted by Gasteiger charge is 2.17. The molecule has 0 aliphatic carbocycles. The second kappa shape index (κ2) is 9.43. The lowest BCUT2D eigenvalue weighted by molar-refractivity contribution is -0.117. The number of benzene rings is 2. The zero-order valence-corrected chi connectivity index (χ0v) is 16.1. The van der Waals surface area contributed by atoms with Gasteiger partial charge in [0, 0.05) is 0 Å². The van der Waals surface area contributed by atoms with Gasteiger partial charge in [0.05, 0.1) is 29.4 Å². The van der Waals surface area contributed by atoms with E-state index in [-0.39, 0.29) is 18.1 Å². The average Bonchev–Trinajstić information content (AvgIpc) is 3.12. The summed E-state index contributed by atoms with van der Waals surface area (Å²) in [5.74, 6) is -0.0847. The number of rotatable bonds is 8. The Morgan fingerprint density at radius 2 is 1.93 bits per heavy atom. The summed E-state index contributed by atoms with van der Waals surface area (Å²) in [6.45, 7) is 3.03. The Bertz CT molecular complexity index is 947. The highest BCUT2D eigenvalue weighted by atomic mass is 35.5. The number of carbonyl (C=O) groups is 1. The lowest BCUT2D eigenvalue weighted by Gasteiger charge is -2.19. The molecule has 0 saturated carbocycles. The molecule has 0 radical (unpaired) electrons. The van der Waals surface area contributed by atoms with Crippen LogP contribution in [0.25, 0.3) is 11.5 Å². The van der Waals surface area contributed by atoms with Crippen LogP contribution in [0.1, 0.15) is 19.2 Å². The third kappa shape index (κ3) is 5.15. The Hall–Kier alpha value is -2.77. The fourth-order valence-electron chi connectivity index (χ4n) is 2.74. The molecule has 0 aliphatic heterocycles. The minimum absolute atomic E-state index is 0.0754. The molecule has 0 saturated heterocycles. The Labute approximate surface area is 167 Å². The zero-order chi connectivity index (χ0) is 19.9. The molecule has 6 nitrogen and oxygen atoms in total. The van der Waals surface area contributed by atoms with Gasteiger partial charge in [-0.1, -0.05) is 42.8 Å². The summed E-state index contributed by atoms with van der Waals surface area (Å²) in [5, 5.41) is 11.2. The Kier molecular flexibility index (Phi) is 6.73. The first-order valence-electron chi connectivity index (χ1n) is 8.91. The largest absolute Gasteiger partial charge is 0.419 e. The van der Waals surface area contributed by atoms with Crippen molar-refractivity contribution in [3.05, 3.63) is 65.3 Å². The van der Waals surface area contributed by atoms with Gasteiger partial charge in [0.1, 0.15) is 5.82 Å². The van der Waals surface area contributed by atoms with Crippen molar-refractivity contribution in [3.63, 3.8) is 0 Å². The van der Waals surface area contributed by atoms with E-state index in [4.69, 9.17) is 16.0 Å². The number of hydrogen-bond acceptors (Lipinski definition) is 5. The minimum Gasteiger partial charge on any atom is -0.419 e. The lowest BCUT2D eigenvalue weighted by Crippen LogP contribution is -2.33. The molecule has 0 bridgehead atoms. The molecule has 1 aromatic heterocycles. The molecule has 1 heterocycles. The van der Waals surface area contributed by atoms with Crippen molar-refractivity contribution in [2.45, 2.75) is 19.9 Å². The van der Waals surface area contributed by atoms with Crippen molar-refractivity contribution in [3.8, 4) is 11.5 Å². The van der Waals surface area contributed by atoms with E-state index in [0.29, 0.717) is 35.5 Å². The maximum Gasteiger partial charge on any atom is 0.249 e. The van der Waals surface area contributed by atoms with Gasteiger partial charge in [-0.15, -0.1) is 10.2 Å². The SMILES string of the molecule is CCCN(CC(=O)Nc1ccccc1F)Cc1nnc(-c2ccccc2Cl)o1. The fourth-order valence-corrected chi connectivity index (χ4v) is 2.95. The quantitative estimate of drug-likeness (QED) is 0.605. The molecule has 0 unspecified atom stereocenters. The predicted octanol–water partition coefficient (Wildman–Crippen LogP) is 4.38. The van der Waals surface area contributed by atoms with Crippen molar-refractivity contribution in [2.75, 3.05) is 18.4 Å². The van der Waals surface area contributed by atoms with Crippen LogP contribution in [0, 0.1) is 5.82 Å². The fraction of sp³-hybridized carbons (Fsp3) is 0.250. The topological polar surface area (TPSA) is 71.3 Å². The molecule has 146 valence electrons. The number of carbonyl (C=O) groups excluding carboxylic acids is 1. The summed E-state index contributed by atoms with van der Waals surface area (Å²) >= 11 is 6.16. The van der Waals surface area contributed by atoms with Crippen LogP contribution < -0.4 is 5.32 Å². The third-order valence-electron chi connectivity index (χ3n) is 3.98. The summed E-state index contributed by atoms with van der Waals surface area (Å²) in [5.41, 5.74) is 0.810. The molecule has 1 amide bonds. The van der Waals surface area contributed by atoms with E-state index < -0.39 is 5.82 Å². The Morgan fingerprint density at radius 3 is 2.68 bits per heavy atom. The van der Waals surface area contributed by atoms with Gasteiger partial charge >= 0.3 is 0 Å². The number of nitrogens with one attached hydrogen (secondary N) is 1. The molecule has 0 fully saturated rings. The Morgan fingerprint density at radius 1 is 1.18 bits per heavy atom. The van der Waals surface area contributed by atoms with Gasteiger partial charge in [-0.3, -0.25) is 9.69 Å². The van der Waals surface area contributed by atoms with E-state index in [1.54, 1.807) is 24.3 Å². The number of hydrogen-bond donors (Lipinski definition) is 1. The van der Waals surface area contributed by atoms with Crippen LogP contribution in [-0.4, -0.2) is 34.1 Å². The van der Waals surface area contributed by atoms with E-state index in [1.165, 1.54) is 12.1 Å². The molecule has 28 heavy (non-hydrogen) atoms. The summed E-state index contributed by atoms with van der Waals surface area (Å²) < 4.78 is 19.4. The maximum absolute atomic E-state index is 13.7. The Balaban J connectivity index is 1.66. The number of para-hydroxylation sites is 1. The number of halogens is 2. The van der Waals surface area contributed by atoms with Crippen molar-refractivity contribution in [1.29, 1.82) is 0 Å². The van der Waals surface area contributed by atoms with Gasteiger partial charge in [0.2, 0.25) is 17.7 Å². The van der Waals surface area contributed by atoms with E-state index in [2.05, 4.69) is 15.5 Å². The lowest BCUT2D eigenvalue weighted by atomic mass is 10.2. The molecule has 0 atom stereocenters. The monoisotopic (exact) mass is 402 g/mol. The van der Waals surface area contributed by atoms with Crippen molar-refractivity contribution >= 4 is 23.2 Å².